The molecule has 0 bridgehead atoms. The predicted octanol–water partition coefficient (Wildman–Crippen LogP) is 3.66. The van der Waals surface area contributed by atoms with Crippen LogP contribution in [0.15, 0.2) is 41.4 Å². The van der Waals surface area contributed by atoms with E-state index in [1.165, 1.54) is 19.2 Å². The lowest BCUT2D eigenvalue weighted by Gasteiger charge is -2.12. The summed E-state index contributed by atoms with van der Waals surface area (Å²) in [5, 5.41) is 13.6. The number of fused-ring (bicyclic) bond motifs is 1. The Morgan fingerprint density at radius 3 is 2.66 bits per heavy atom. The van der Waals surface area contributed by atoms with Crippen LogP contribution >= 0.6 is 0 Å². The molecule has 0 atom stereocenters. The van der Waals surface area contributed by atoms with Crippen molar-refractivity contribution < 1.29 is 17.5 Å². The summed E-state index contributed by atoms with van der Waals surface area (Å²) in [5.74, 6) is 0.711. The van der Waals surface area contributed by atoms with Gasteiger partial charge in [0.15, 0.2) is 15.7 Å². The van der Waals surface area contributed by atoms with Gasteiger partial charge >= 0.3 is 0 Å². The van der Waals surface area contributed by atoms with E-state index in [2.05, 4.69) is 30.8 Å². The van der Waals surface area contributed by atoms with Gasteiger partial charge in [-0.25, -0.2) is 17.8 Å². The van der Waals surface area contributed by atoms with Gasteiger partial charge in [0.25, 0.3) is 0 Å². The van der Waals surface area contributed by atoms with Crippen molar-refractivity contribution in [2.45, 2.75) is 11.8 Å². The Morgan fingerprint density at radius 1 is 1.19 bits per heavy atom. The third-order valence-electron chi connectivity index (χ3n) is 4.95. The third kappa shape index (κ3) is 3.94. The van der Waals surface area contributed by atoms with Crippen LogP contribution in [-0.2, 0) is 9.84 Å². The minimum absolute atomic E-state index is 0.102. The van der Waals surface area contributed by atoms with Gasteiger partial charge in [0.05, 0.1) is 17.6 Å². The number of sulfone groups is 1. The highest BCUT2D eigenvalue weighted by molar-refractivity contribution is 7.90. The number of methoxy groups -OCH3 is 1. The Kier molecular flexibility index (Phi) is 5.43. The molecule has 2 heterocycles. The van der Waals surface area contributed by atoms with Crippen molar-refractivity contribution in [2.24, 2.45) is 0 Å². The number of H-pyrrole nitrogens is 1. The second-order valence-electron chi connectivity index (χ2n) is 7.19. The number of halogens is 1. The van der Waals surface area contributed by atoms with E-state index in [1.54, 1.807) is 38.4 Å². The molecule has 0 aliphatic heterocycles. The van der Waals surface area contributed by atoms with Crippen molar-refractivity contribution in [3.05, 3.63) is 47.9 Å². The molecule has 32 heavy (non-hydrogen) atoms. The van der Waals surface area contributed by atoms with E-state index in [4.69, 9.17) is 4.74 Å². The minimum atomic E-state index is -3.44. The van der Waals surface area contributed by atoms with Crippen LogP contribution in [0.1, 0.15) is 5.56 Å². The summed E-state index contributed by atoms with van der Waals surface area (Å²) in [6.07, 6.45) is 2.68. The number of hydrogen-bond donors (Lipinski definition) is 3. The Morgan fingerprint density at radius 2 is 1.97 bits per heavy atom. The topological polar surface area (TPSA) is 122 Å². The molecule has 0 aliphatic carbocycles. The predicted molar refractivity (Wildman–Crippen MR) is 121 cm³/mol. The molecule has 0 aliphatic rings. The zero-order valence-electron chi connectivity index (χ0n) is 17.8. The van der Waals surface area contributed by atoms with E-state index in [1.807, 2.05) is 0 Å². The van der Waals surface area contributed by atoms with Gasteiger partial charge in [-0.3, -0.25) is 5.10 Å². The number of ether oxygens (including phenoxy) is 1. The standard InChI is InChI=1S/C21H21FN6O3S/c1-11-5-6-15-18(27-28-19(15)17(11)22)16-10-24-21(26-20(16)23-2)25-12-7-13(31-3)9-14(8-12)32(4,29)30/h5-10H,1-4H3,(H,27,28)(H2,23,24,25,26). The molecule has 0 amide bonds. The maximum absolute atomic E-state index is 14.4. The second kappa shape index (κ2) is 8.08. The van der Waals surface area contributed by atoms with E-state index in [9.17, 15) is 12.8 Å². The molecule has 0 radical (unpaired) electrons. The van der Waals surface area contributed by atoms with E-state index in [0.717, 1.165) is 6.26 Å². The number of benzene rings is 2. The Balaban J connectivity index is 1.74. The summed E-state index contributed by atoms with van der Waals surface area (Å²) in [6, 6.07) is 8.03. The number of nitrogens with zero attached hydrogens (tertiary/aromatic N) is 3. The lowest BCUT2D eigenvalue weighted by Crippen LogP contribution is -2.04. The van der Waals surface area contributed by atoms with Crippen LogP contribution in [0.2, 0.25) is 0 Å². The van der Waals surface area contributed by atoms with E-state index in [0.29, 0.717) is 45.0 Å². The van der Waals surface area contributed by atoms with Gasteiger partial charge in [-0.2, -0.15) is 10.1 Å². The fourth-order valence-electron chi connectivity index (χ4n) is 3.28. The average Bonchev–Trinajstić information content (AvgIpc) is 3.20. The summed E-state index contributed by atoms with van der Waals surface area (Å²) in [5.41, 5.74) is 2.37. The van der Waals surface area contributed by atoms with Crippen molar-refractivity contribution in [3.8, 4) is 17.0 Å². The van der Waals surface area contributed by atoms with Gasteiger partial charge in [0.2, 0.25) is 5.95 Å². The first-order valence-corrected chi connectivity index (χ1v) is 11.4. The number of aryl methyl sites for hydroxylation is 1. The molecule has 0 fully saturated rings. The fourth-order valence-corrected chi connectivity index (χ4v) is 3.95. The molecule has 166 valence electrons. The molecular formula is C21H21FN6O3S. The highest BCUT2D eigenvalue weighted by Crippen LogP contribution is 2.33. The molecule has 9 nitrogen and oxygen atoms in total. The number of nitrogens with one attached hydrogen (secondary N) is 3. The fraction of sp³-hybridized carbons (Fsp3) is 0.190. The van der Waals surface area contributed by atoms with Crippen molar-refractivity contribution in [2.75, 3.05) is 31.0 Å². The summed E-state index contributed by atoms with van der Waals surface area (Å²) in [7, 11) is -0.293. The molecule has 2 aromatic heterocycles. The molecule has 3 N–H and O–H groups in total. The molecule has 0 saturated carbocycles. The molecule has 4 rings (SSSR count). The zero-order chi connectivity index (χ0) is 23.0. The highest BCUT2D eigenvalue weighted by Gasteiger charge is 2.18. The van der Waals surface area contributed by atoms with Crippen molar-refractivity contribution >= 4 is 38.2 Å². The zero-order valence-corrected chi connectivity index (χ0v) is 18.6. The smallest absolute Gasteiger partial charge is 0.229 e. The first-order valence-electron chi connectivity index (χ1n) is 9.55. The van der Waals surface area contributed by atoms with Crippen LogP contribution < -0.4 is 15.4 Å². The van der Waals surface area contributed by atoms with E-state index in [-0.39, 0.29) is 16.7 Å². The van der Waals surface area contributed by atoms with Crippen LogP contribution in [0.4, 0.5) is 21.8 Å². The summed E-state index contributed by atoms with van der Waals surface area (Å²) >= 11 is 0. The van der Waals surface area contributed by atoms with Crippen LogP contribution in [0.5, 0.6) is 5.75 Å². The van der Waals surface area contributed by atoms with Gasteiger partial charge in [-0.05, 0) is 24.6 Å². The molecule has 2 aromatic carbocycles. The van der Waals surface area contributed by atoms with Crippen molar-refractivity contribution in [3.63, 3.8) is 0 Å². The first-order chi connectivity index (χ1) is 15.2. The largest absolute Gasteiger partial charge is 0.497 e. The molecule has 0 saturated heterocycles. The van der Waals surface area contributed by atoms with Crippen molar-refractivity contribution in [1.82, 2.24) is 20.2 Å². The van der Waals surface area contributed by atoms with Gasteiger partial charge in [0.1, 0.15) is 22.8 Å². The van der Waals surface area contributed by atoms with Crippen LogP contribution in [0, 0.1) is 12.7 Å². The number of hydrogen-bond acceptors (Lipinski definition) is 8. The quantitative estimate of drug-likeness (QED) is 0.402. The number of aromatic nitrogens is 4. The minimum Gasteiger partial charge on any atom is -0.497 e. The lowest BCUT2D eigenvalue weighted by atomic mass is 10.1. The molecule has 4 aromatic rings. The Hall–Kier alpha value is -3.73. The monoisotopic (exact) mass is 456 g/mol. The summed E-state index contributed by atoms with van der Waals surface area (Å²) in [4.78, 5) is 8.90. The first kappa shape index (κ1) is 21.5. The summed E-state index contributed by atoms with van der Waals surface area (Å²) in [6.45, 7) is 1.69. The van der Waals surface area contributed by atoms with Crippen molar-refractivity contribution in [1.29, 1.82) is 0 Å². The molecule has 11 heteroatoms. The van der Waals surface area contributed by atoms with Gasteiger partial charge in [0, 0.05) is 36.6 Å². The third-order valence-corrected chi connectivity index (χ3v) is 6.04. The normalized spacial score (nSPS) is 11.5. The molecular weight excluding hydrogens is 435 g/mol. The highest BCUT2D eigenvalue weighted by atomic mass is 32.2. The second-order valence-corrected chi connectivity index (χ2v) is 9.21. The van der Waals surface area contributed by atoms with Gasteiger partial charge < -0.3 is 15.4 Å². The maximum Gasteiger partial charge on any atom is 0.229 e. The van der Waals surface area contributed by atoms with E-state index >= 15 is 0 Å². The average molecular weight is 457 g/mol. The Labute approximate surface area is 184 Å². The summed E-state index contributed by atoms with van der Waals surface area (Å²) < 4.78 is 43.6. The molecule has 0 spiro atoms. The SMILES string of the molecule is CNc1nc(Nc2cc(OC)cc(S(C)(=O)=O)c2)ncc1-c1n[nH]c2c(F)c(C)ccc12. The van der Waals surface area contributed by atoms with Crippen LogP contribution in [0.25, 0.3) is 22.2 Å². The Bertz CT molecular complexity index is 1440. The van der Waals surface area contributed by atoms with Gasteiger partial charge in [-0.15, -0.1) is 0 Å². The van der Waals surface area contributed by atoms with E-state index < -0.39 is 9.84 Å². The van der Waals surface area contributed by atoms with Crippen LogP contribution in [0.3, 0.4) is 0 Å². The van der Waals surface area contributed by atoms with Gasteiger partial charge in [-0.1, -0.05) is 12.1 Å². The molecule has 0 unspecified atom stereocenters. The number of rotatable bonds is 6. The lowest BCUT2D eigenvalue weighted by molar-refractivity contribution is 0.413. The number of aromatic amines is 1. The number of anilines is 3. The maximum atomic E-state index is 14.4. The van der Waals surface area contributed by atoms with Crippen LogP contribution in [-0.4, -0.2) is 49.0 Å².